The minimum atomic E-state index is -0.399. The third-order valence-electron chi connectivity index (χ3n) is 4.15. The first-order valence-electron chi connectivity index (χ1n) is 7.33. The van der Waals surface area contributed by atoms with Gasteiger partial charge in [0.15, 0.2) is 0 Å². The average Bonchev–Trinajstić information content (AvgIpc) is 2.89. The molecule has 0 aliphatic carbocycles. The molecule has 4 heteroatoms. The Hall–Kier alpha value is -2.22. The van der Waals surface area contributed by atoms with Crippen molar-refractivity contribution in [3.63, 3.8) is 0 Å². The van der Waals surface area contributed by atoms with Gasteiger partial charge >= 0.3 is 0 Å². The highest BCUT2D eigenvalue weighted by Gasteiger charge is 2.32. The largest absolute Gasteiger partial charge is 0.392 e. The van der Waals surface area contributed by atoms with Crippen LogP contribution in [0.5, 0.6) is 0 Å². The number of nitriles is 1. The highest BCUT2D eigenvalue weighted by molar-refractivity contribution is 5.37. The normalized spacial score (nSPS) is 21.7. The standard InChI is InChI=1S/C18H17FN2O/c19-16-7-5-13(6-8-16)18-9-17(22)12-21(18)11-15-4-2-1-3-14(15)10-20/h1-8,17-18,22H,9,11-12H2/t17-,18-/m0/s1. The Kier molecular flexibility index (Phi) is 4.19. The third-order valence-corrected chi connectivity index (χ3v) is 4.15. The molecular formula is C18H17FN2O. The van der Waals surface area contributed by atoms with Gasteiger partial charge in [0.25, 0.3) is 0 Å². The minimum Gasteiger partial charge on any atom is -0.392 e. The van der Waals surface area contributed by atoms with Crippen LogP contribution in [0.15, 0.2) is 48.5 Å². The Morgan fingerprint density at radius 3 is 2.64 bits per heavy atom. The summed E-state index contributed by atoms with van der Waals surface area (Å²) in [5.74, 6) is -0.260. The molecule has 112 valence electrons. The second kappa shape index (κ2) is 6.27. The van der Waals surface area contributed by atoms with Gasteiger partial charge in [-0.3, -0.25) is 4.90 Å². The fourth-order valence-electron chi connectivity index (χ4n) is 3.07. The highest BCUT2D eigenvalue weighted by atomic mass is 19.1. The van der Waals surface area contributed by atoms with Gasteiger partial charge in [-0.1, -0.05) is 30.3 Å². The molecule has 2 aromatic rings. The summed E-state index contributed by atoms with van der Waals surface area (Å²) < 4.78 is 13.1. The molecular weight excluding hydrogens is 279 g/mol. The second-order valence-corrected chi connectivity index (χ2v) is 5.66. The van der Waals surface area contributed by atoms with E-state index in [4.69, 9.17) is 0 Å². The monoisotopic (exact) mass is 296 g/mol. The van der Waals surface area contributed by atoms with Crippen LogP contribution in [0.25, 0.3) is 0 Å². The van der Waals surface area contributed by atoms with Crippen molar-refractivity contribution in [2.75, 3.05) is 6.54 Å². The van der Waals surface area contributed by atoms with E-state index in [0.717, 1.165) is 11.1 Å². The minimum absolute atomic E-state index is 0.0438. The molecule has 1 aliphatic heterocycles. The lowest BCUT2D eigenvalue weighted by Crippen LogP contribution is -2.24. The molecule has 0 saturated carbocycles. The lowest BCUT2D eigenvalue weighted by Gasteiger charge is -2.25. The first-order chi connectivity index (χ1) is 10.7. The Bertz CT molecular complexity index is 693. The summed E-state index contributed by atoms with van der Waals surface area (Å²) in [6, 6.07) is 16.2. The zero-order valence-corrected chi connectivity index (χ0v) is 12.1. The number of aliphatic hydroxyl groups excluding tert-OH is 1. The Balaban J connectivity index is 1.85. The predicted octanol–water partition coefficient (Wildman–Crippen LogP) is 3.01. The molecule has 1 saturated heterocycles. The van der Waals surface area contributed by atoms with Crippen molar-refractivity contribution in [1.82, 2.24) is 4.90 Å². The molecule has 0 unspecified atom stereocenters. The molecule has 1 heterocycles. The number of hydrogen-bond acceptors (Lipinski definition) is 3. The highest BCUT2D eigenvalue weighted by Crippen LogP contribution is 2.33. The first kappa shape index (κ1) is 14.7. The van der Waals surface area contributed by atoms with Crippen molar-refractivity contribution in [2.45, 2.75) is 25.1 Å². The van der Waals surface area contributed by atoms with Crippen LogP contribution in [-0.2, 0) is 6.54 Å². The van der Waals surface area contributed by atoms with Crippen LogP contribution >= 0.6 is 0 Å². The van der Waals surface area contributed by atoms with Crippen LogP contribution in [0.1, 0.15) is 29.2 Å². The smallest absolute Gasteiger partial charge is 0.123 e. The van der Waals surface area contributed by atoms with Crippen molar-refractivity contribution >= 4 is 0 Å². The van der Waals surface area contributed by atoms with E-state index in [2.05, 4.69) is 11.0 Å². The SMILES string of the molecule is N#Cc1ccccc1CN1C[C@@H](O)C[C@H]1c1ccc(F)cc1. The number of halogens is 1. The first-order valence-corrected chi connectivity index (χ1v) is 7.33. The van der Waals surface area contributed by atoms with Gasteiger partial charge in [0.2, 0.25) is 0 Å². The summed E-state index contributed by atoms with van der Waals surface area (Å²) in [5, 5.41) is 19.2. The number of benzene rings is 2. The van der Waals surface area contributed by atoms with Gasteiger partial charge in [-0.15, -0.1) is 0 Å². The zero-order valence-electron chi connectivity index (χ0n) is 12.1. The molecule has 1 fully saturated rings. The Morgan fingerprint density at radius 1 is 1.18 bits per heavy atom. The maximum Gasteiger partial charge on any atom is 0.123 e. The average molecular weight is 296 g/mol. The van der Waals surface area contributed by atoms with Crippen LogP contribution < -0.4 is 0 Å². The molecule has 1 aliphatic rings. The second-order valence-electron chi connectivity index (χ2n) is 5.66. The number of aliphatic hydroxyl groups is 1. The summed E-state index contributed by atoms with van der Waals surface area (Å²) in [7, 11) is 0. The number of β-amino-alcohol motifs (C(OH)–C–C–N with tert-alkyl or cyclic N) is 1. The van der Waals surface area contributed by atoms with Crippen molar-refractivity contribution < 1.29 is 9.50 Å². The van der Waals surface area contributed by atoms with Gasteiger partial charge in [0, 0.05) is 19.1 Å². The van der Waals surface area contributed by atoms with Crippen LogP contribution in [0, 0.1) is 17.1 Å². The topological polar surface area (TPSA) is 47.3 Å². The summed E-state index contributed by atoms with van der Waals surface area (Å²) in [6.07, 6.45) is 0.227. The van der Waals surface area contributed by atoms with Crippen molar-refractivity contribution in [3.05, 3.63) is 71.0 Å². The Labute approximate surface area is 129 Å². The molecule has 3 nitrogen and oxygen atoms in total. The van der Waals surface area contributed by atoms with E-state index in [9.17, 15) is 14.8 Å². The van der Waals surface area contributed by atoms with Crippen molar-refractivity contribution in [2.24, 2.45) is 0 Å². The van der Waals surface area contributed by atoms with Gasteiger partial charge in [-0.25, -0.2) is 4.39 Å². The number of likely N-dealkylation sites (tertiary alicyclic amines) is 1. The fraction of sp³-hybridized carbons (Fsp3) is 0.278. The maximum absolute atomic E-state index is 13.1. The van der Waals surface area contributed by atoms with E-state index in [0.29, 0.717) is 25.1 Å². The zero-order chi connectivity index (χ0) is 15.5. The van der Waals surface area contributed by atoms with Crippen LogP contribution in [0.3, 0.4) is 0 Å². The molecule has 3 rings (SSSR count). The molecule has 0 aromatic heterocycles. The van der Waals surface area contributed by atoms with Crippen molar-refractivity contribution in [1.29, 1.82) is 5.26 Å². The maximum atomic E-state index is 13.1. The van der Waals surface area contributed by atoms with Crippen LogP contribution in [0.2, 0.25) is 0 Å². The molecule has 2 atom stereocenters. The summed E-state index contributed by atoms with van der Waals surface area (Å²) in [4.78, 5) is 2.15. The van der Waals surface area contributed by atoms with Gasteiger partial charge in [-0.05, 0) is 35.7 Å². The van der Waals surface area contributed by atoms with Gasteiger partial charge in [-0.2, -0.15) is 5.26 Å². The van der Waals surface area contributed by atoms with Gasteiger partial charge < -0.3 is 5.11 Å². The third kappa shape index (κ3) is 3.01. The molecule has 22 heavy (non-hydrogen) atoms. The summed E-state index contributed by atoms with van der Waals surface area (Å²) in [6.45, 7) is 1.16. The fourth-order valence-corrected chi connectivity index (χ4v) is 3.07. The summed E-state index contributed by atoms with van der Waals surface area (Å²) >= 11 is 0. The van der Waals surface area contributed by atoms with E-state index in [1.807, 2.05) is 18.2 Å². The molecule has 0 radical (unpaired) electrons. The molecule has 1 N–H and O–H groups in total. The van der Waals surface area contributed by atoms with E-state index < -0.39 is 6.10 Å². The number of nitrogens with zero attached hydrogens (tertiary/aromatic N) is 2. The molecule has 2 aromatic carbocycles. The van der Waals surface area contributed by atoms with E-state index in [1.165, 1.54) is 12.1 Å². The van der Waals surface area contributed by atoms with Crippen LogP contribution in [-0.4, -0.2) is 22.7 Å². The lowest BCUT2D eigenvalue weighted by atomic mass is 10.0. The van der Waals surface area contributed by atoms with E-state index in [-0.39, 0.29) is 11.9 Å². The van der Waals surface area contributed by atoms with E-state index >= 15 is 0 Å². The number of rotatable bonds is 3. The van der Waals surface area contributed by atoms with Crippen molar-refractivity contribution in [3.8, 4) is 6.07 Å². The number of hydrogen-bond donors (Lipinski definition) is 1. The quantitative estimate of drug-likeness (QED) is 0.947. The molecule has 0 amide bonds. The summed E-state index contributed by atoms with van der Waals surface area (Å²) in [5.41, 5.74) is 2.60. The predicted molar refractivity (Wildman–Crippen MR) is 81.3 cm³/mol. The van der Waals surface area contributed by atoms with E-state index in [1.54, 1.807) is 18.2 Å². The lowest BCUT2D eigenvalue weighted by molar-refractivity contribution is 0.172. The van der Waals surface area contributed by atoms with Crippen LogP contribution in [0.4, 0.5) is 4.39 Å². The molecule has 0 spiro atoms. The Morgan fingerprint density at radius 2 is 1.91 bits per heavy atom. The molecule has 0 bridgehead atoms. The van der Waals surface area contributed by atoms with Gasteiger partial charge in [0.1, 0.15) is 5.82 Å². The van der Waals surface area contributed by atoms with Gasteiger partial charge in [0.05, 0.1) is 17.7 Å².